The maximum absolute atomic E-state index is 12.9. The summed E-state index contributed by atoms with van der Waals surface area (Å²) < 4.78 is 13.6. The van der Waals surface area contributed by atoms with E-state index in [9.17, 15) is 14.5 Å². The Balaban J connectivity index is 2.11. The summed E-state index contributed by atoms with van der Waals surface area (Å²) in [5, 5.41) is 11.4. The predicted molar refractivity (Wildman–Crippen MR) is 71.7 cm³/mol. The number of hydrogen-bond donors (Lipinski definition) is 0. The van der Waals surface area contributed by atoms with Crippen LogP contribution in [0.3, 0.4) is 0 Å². The lowest BCUT2D eigenvalue weighted by Gasteiger charge is -1.94. The summed E-state index contributed by atoms with van der Waals surface area (Å²) in [6.45, 7) is 0. The van der Waals surface area contributed by atoms with Gasteiger partial charge in [-0.1, -0.05) is 0 Å². The zero-order valence-electron chi connectivity index (χ0n) is 9.54. The Labute approximate surface area is 111 Å². The van der Waals surface area contributed by atoms with Gasteiger partial charge in [0.1, 0.15) is 10.8 Å². The van der Waals surface area contributed by atoms with Gasteiger partial charge in [0, 0.05) is 17.7 Å². The highest BCUT2D eigenvalue weighted by Gasteiger charge is 2.11. The van der Waals surface area contributed by atoms with Crippen LogP contribution >= 0.6 is 11.3 Å². The first-order valence-corrected chi connectivity index (χ1v) is 6.26. The van der Waals surface area contributed by atoms with Gasteiger partial charge >= 0.3 is 0 Å². The number of non-ortho nitro benzene ring substituents is 1. The van der Waals surface area contributed by atoms with E-state index in [2.05, 4.69) is 4.98 Å². The standard InChI is InChI=1S/C13H7FN2O2S/c14-9-3-1-8(2-4-9)13-15-11-6-5-10(16(17)18)7-12(11)19-13/h1-7H. The van der Waals surface area contributed by atoms with E-state index in [0.717, 1.165) is 15.3 Å². The molecule has 0 spiro atoms. The van der Waals surface area contributed by atoms with Gasteiger partial charge in [-0.2, -0.15) is 0 Å². The van der Waals surface area contributed by atoms with E-state index in [4.69, 9.17) is 0 Å². The molecule has 0 aliphatic rings. The van der Waals surface area contributed by atoms with E-state index in [0.29, 0.717) is 5.52 Å². The van der Waals surface area contributed by atoms with Gasteiger partial charge in [0.15, 0.2) is 0 Å². The van der Waals surface area contributed by atoms with Gasteiger partial charge in [-0.15, -0.1) is 11.3 Å². The molecule has 2 aromatic carbocycles. The van der Waals surface area contributed by atoms with Crippen LogP contribution in [0.5, 0.6) is 0 Å². The molecule has 0 unspecified atom stereocenters. The zero-order valence-corrected chi connectivity index (χ0v) is 10.4. The van der Waals surface area contributed by atoms with Crippen molar-refractivity contribution in [3.05, 3.63) is 58.4 Å². The molecular weight excluding hydrogens is 267 g/mol. The first-order valence-electron chi connectivity index (χ1n) is 5.44. The van der Waals surface area contributed by atoms with E-state index in [-0.39, 0.29) is 11.5 Å². The number of aromatic nitrogens is 1. The molecule has 0 aliphatic carbocycles. The maximum atomic E-state index is 12.9. The molecule has 6 heteroatoms. The largest absolute Gasteiger partial charge is 0.270 e. The average Bonchev–Trinajstić information content (AvgIpc) is 2.82. The second-order valence-electron chi connectivity index (χ2n) is 3.94. The molecule has 4 nitrogen and oxygen atoms in total. The number of rotatable bonds is 2. The second-order valence-corrected chi connectivity index (χ2v) is 4.97. The lowest BCUT2D eigenvalue weighted by Crippen LogP contribution is -1.85. The minimum Gasteiger partial charge on any atom is -0.258 e. The maximum Gasteiger partial charge on any atom is 0.270 e. The monoisotopic (exact) mass is 274 g/mol. The van der Waals surface area contributed by atoms with Gasteiger partial charge in [0.25, 0.3) is 5.69 Å². The highest BCUT2D eigenvalue weighted by Crippen LogP contribution is 2.32. The molecule has 3 rings (SSSR count). The van der Waals surface area contributed by atoms with Crippen molar-refractivity contribution in [2.24, 2.45) is 0 Å². The molecule has 0 aliphatic heterocycles. The number of fused-ring (bicyclic) bond motifs is 1. The fraction of sp³-hybridized carbons (Fsp3) is 0. The first kappa shape index (κ1) is 11.7. The third kappa shape index (κ3) is 2.17. The molecule has 1 aromatic heterocycles. The Morgan fingerprint density at radius 3 is 2.58 bits per heavy atom. The van der Waals surface area contributed by atoms with Crippen LogP contribution in [0.25, 0.3) is 20.8 Å². The number of thiazole rings is 1. The van der Waals surface area contributed by atoms with Crippen LogP contribution in [-0.4, -0.2) is 9.91 Å². The topological polar surface area (TPSA) is 56.0 Å². The van der Waals surface area contributed by atoms with Crippen LogP contribution in [0.15, 0.2) is 42.5 Å². The van der Waals surface area contributed by atoms with Crippen molar-refractivity contribution < 1.29 is 9.31 Å². The van der Waals surface area contributed by atoms with Crippen molar-refractivity contribution >= 4 is 27.2 Å². The Bertz CT molecular complexity index is 768. The molecule has 0 saturated heterocycles. The van der Waals surface area contributed by atoms with Crippen molar-refractivity contribution in [1.29, 1.82) is 0 Å². The van der Waals surface area contributed by atoms with Crippen LogP contribution in [0.4, 0.5) is 10.1 Å². The average molecular weight is 274 g/mol. The summed E-state index contributed by atoms with van der Waals surface area (Å²) in [5.41, 5.74) is 1.54. The van der Waals surface area contributed by atoms with Gasteiger partial charge in [-0.05, 0) is 30.3 Å². The van der Waals surface area contributed by atoms with Crippen LogP contribution in [-0.2, 0) is 0 Å². The van der Waals surface area contributed by atoms with E-state index in [1.54, 1.807) is 18.2 Å². The Morgan fingerprint density at radius 2 is 1.89 bits per heavy atom. The van der Waals surface area contributed by atoms with Gasteiger partial charge in [-0.25, -0.2) is 9.37 Å². The van der Waals surface area contributed by atoms with Crippen molar-refractivity contribution in [3.63, 3.8) is 0 Å². The molecule has 0 saturated carbocycles. The van der Waals surface area contributed by atoms with Crippen molar-refractivity contribution in [2.45, 2.75) is 0 Å². The summed E-state index contributed by atoms with van der Waals surface area (Å²) in [5.74, 6) is -0.305. The summed E-state index contributed by atoms with van der Waals surface area (Å²) in [6.07, 6.45) is 0. The second kappa shape index (κ2) is 4.40. The van der Waals surface area contributed by atoms with E-state index in [1.165, 1.54) is 35.6 Å². The smallest absolute Gasteiger partial charge is 0.258 e. The number of benzene rings is 2. The van der Waals surface area contributed by atoms with E-state index >= 15 is 0 Å². The summed E-state index contributed by atoms with van der Waals surface area (Å²) in [6, 6.07) is 10.6. The van der Waals surface area contributed by atoms with Crippen LogP contribution < -0.4 is 0 Å². The molecule has 0 amide bonds. The quantitative estimate of drug-likeness (QED) is 0.524. The van der Waals surface area contributed by atoms with Gasteiger partial charge in [-0.3, -0.25) is 10.1 Å². The molecule has 0 bridgehead atoms. The number of halogens is 1. The molecule has 0 N–H and O–H groups in total. The number of nitro groups is 1. The molecule has 0 radical (unpaired) electrons. The predicted octanol–water partition coefficient (Wildman–Crippen LogP) is 4.01. The normalized spacial score (nSPS) is 10.8. The van der Waals surface area contributed by atoms with Crippen LogP contribution in [0, 0.1) is 15.9 Å². The first-order chi connectivity index (χ1) is 9.13. The van der Waals surface area contributed by atoms with Crippen molar-refractivity contribution in [1.82, 2.24) is 4.98 Å². The number of nitro benzene ring substituents is 1. The lowest BCUT2D eigenvalue weighted by molar-refractivity contribution is -0.384. The Hall–Kier alpha value is -2.34. The SMILES string of the molecule is O=[N+]([O-])c1ccc2nc(-c3ccc(F)cc3)sc2c1. The van der Waals surface area contributed by atoms with Crippen LogP contribution in [0.2, 0.25) is 0 Å². The number of nitrogens with zero attached hydrogens (tertiary/aromatic N) is 2. The third-order valence-corrected chi connectivity index (χ3v) is 3.74. The van der Waals surface area contributed by atoms with E-state index in [1.807, 2.05) is 0 Å². The Morgan fingerprint density at radius 1 is 1.16 bits per heavy atom. The highest BCUT2D eigenvalue weighted by atomic mass is 32.1. The molecule has 3 aromatic rings. The van der Waals surface area contributed by atoms with Gasteiger partial charge < -0.3 is 0 Å². The number of hydrogen-bond acceptors (Lipinski definition) is 4. The summed E-state index contributed by atoms with van der Waals surface area (Å²) >= 11 is 1.35. The summed E-state index contributed by atoms with van der Waals surface area (Å²) in [7, 11) is 0. The van der Waals surface area contributed by atoms with Crippen molar-refractivity contribution in [2.75, 3.05) is 0 Å². The third-order valence-electron chi connectivity index (χ3n) is 2.67. The lowest BCUT2D eigenvalue weighted by atomic mass is 10.2. The molecule has 0 atom stereocenters. The molecule has 1 heterocycles. The zero-order chi connectivity index (χ0) is 13.4. The van der Waals surface area contributed by atoms with Gasteiger partial charge in [0.05, 0.1) is 15.1 Å². The van der Waals surface area contributed by atoms with Crippen LogP contribution in [0.1, 0.15) is 0 Å². The fourth-order valence-electron chi connectivity index (χ4n) is 1.74. The molecule has 0 fully saturated rings. The summed E-state index contributed by atoms with van der Waals surface area (Å²) in [4.78, 5) is 14.7. The van der Waals surface area contributed by atoms with E-state index < -0.39 is 4.92 Å². The minimum absolute atomic E-state index is 0.0433. The highest BCUT2D eigenvalue weighted by molar-refractivity contribution is 7.21. The van der Waals surface area contributed by atoms with Gasteiger partial charge in [0.2, 0.25) is 0 Å². The fourth-order valence-corrected chi connectivity index (χ4v) is 2.75. The molecule has 94 valence electrons. The molecule has 19 heavy (non-hydrogen) atoms. The van der Waals surface area contributed by atoms with Crippen molar-refractivity contribution in [3.8, 4) is 10.6 Å². The minimum atomic E-state index is -0.434. The Kier molecular flexibility index (Phi) is 2.72. The molecular formula is C13H7FN2O2S.